The van der Waals surface area contributed by atoms with Gasteiger partial charge in [-0.2, -0.15) is 0 Å². The maximum absolute atomic E-state index is 11.4. The van der Waals surface area contributed by atoms with Crippen LogP contribution in [0.25, 0.3) is 11.0 Å². The number of rotatable bonds is 3. The largest absolute Gasteiger partial charge is 0.388 e. The van der Waals surface area contributed by atoms with Crippen LogP contribution in [0.15, 0.2) is 24.4 Å². The number of pyridine rings is 2. The van der Waals surface area contributed by atoms with Crippen LogP contribution in [0.1, 0.15) is 12.8 Å². The number of nitrogens with one attached hydrogen (secondary N) is 1. The fraction of sp³-hybridized carbons (Fsp3) is 0.429. The third-order valence-electron chi connectivity index (χ3n) is 3.86. The van der Waals surface area contributed by atoms with Gasteiger partial charge in [-0.1, -0.05) is 11.6 Å². The van der Waals surface area contributed by atoms with Crippen molar-refractivity contribution in [2.45, 2.75) is 18.4 Å². The van der Waals surface area contributed by atoms with Crippen LogP contribution >= 0.6 is 11.6 Å². The van der Waals surface area contributed by atoms with E-state index >= 15 is 0 Å². The van der Waals surface area contributed by atoms with Gasteiger partial charge < -0.3 is 10.4 Å². The Morgan fingerprint density at radius 3 is 2.77 bits per heavy atom. The minimum atomic E-state index is -3.00. The summed E-state index contributed by atoms with van der Waals surface area (Å²) < 4.78 is 22.8. The van der Waals surface area contributed by atoms with E-state index in [0.29, 0.717) is 16.5 Å². The van der Waals surface area contributed by atoms with Gasteiger partial charge in [0.15, 0.2) is 15.5 Å². The van der Waals surface area contributed by atoms with Crippen LogP contribution in [0.5, 0.6) is 0 Å². The Kier molecular flexibility index (Phi) is 3.96. The average Bonchev–Trinajstić information content (AvgIpc) is 2.49. The molecule has 118 valence electrons. The Morgan fingerprint density at radius 1 is 1.32 bits per heavy atom. The van der Waals surface area contributed by atoms with Gasteiger partial charge in [0.1, 0.15) is 5.82 Å². The number of halogens is 1. The Balaban J connectivity index is 1.70. The van der Waals surface area contributed by atoms with Crippen molar-refractivity contribution in [3.8, 4) is 0 Å². The van der Waals surface area contributed by atoms with Crippen molar-refractivity contribution in [3.63, 3.8) is 0 Å². The molecule has 0 spiro atoms. The van der Waals surface area contributed by atoms with Crippen LogP contribution in [-0.2, 0) is 9.84 Å². The maximum Gasteiger partial charge on any atom is 0.161 e. The van der Waals surface area contributed by atoms with Crippen molar-refractivity contribution in [3.05, 3.63) is 29.4 Å². The summed E-state index contributed by atoms with van der Waals surface area (Å²) in [5, 5.41) is 14.9. The maximum atomic E-state index is 11.4. The highest BCUT2D eigenvalue weighted by Gasteiger charge is 2.35. The average molecular weight is 342 g/mol. The zero-order chi connectivity index (χ0) is 15.8. The smallest absolute Gasteiger partial charge is 0.161 e. The number of aliphatic hydroxyl groups is 1. The lowest BCUT2D eigenvalue weighted by atomic mass is 9.97. The zero-order valence-corrected chi connectivity index (χ0v) is 13.4. The molecule has 8 heteroatoms. The lowest BCUT2D eigenvalue weighted by Crippen LogP contribution is -2.44. The van der Waals surface area contributed by atoms with Gasteiger partial charge in [-0.05, 0) is 31.0 Å². The van der Waals surface area contributed by atoms with E-state index < -0.39 is 15.4 Å². The third kappa shape index (κ3) is 3.48. The second-order valence-corrected chi connectivity index (χ2v) is 8.37. The van der Waals surface area contributed by atoms with E-state index in [9.17, 15) is 13.5 Å². The van der Waals surface area contributed by atoms with Gasteiger partial charge in [-0.3, -0.25) is 0 Å². The van der Waals surface area contributed by atoms with Gasteiger partial charge in [0.2, 0.25) is 0 Å². The highest BCUT2D eigenvalue weighted by molar-refractivity contribution is 7.91. The summed E-state index contributed by atoms with van der Waals surface area (Å²) in [5.74, 6) is 0.636. The second kappa shape index (κ2) is 5.64. The molecule has 1 fully saturated rings. The molecule has 1 saturated heterocycles. The topological polar surface area (TPSA) is 92.2 Å². The van der Waals surface area contributed by atoms with Gasteiger partial charge in [0, 0.05) is 18.1 Å². The number of fused-ring (bicyclic) bond motifs is 1. The molecule has 0 amide bonds. The molecular formula is C14H16ClN3O3S. The number of nitrogens with zero attached hydrogens (tertiary/aromatic N) is 2. The lowest BCUT2D eigenvalue weighted by Gasteiger charge is -2.32. The van der Waals surface area contributed by atoms with Crippen LogP contribution < -0.4 is 5.32 Å². The van der Waals surface area contributed by atoms with Crippen molar-refractivity contribution < 1.29 is 13.5 Å². The minimum Gasteiger partial charge on any atom is -0.388 e. The lowest BCUT2D eigenvalue weighted by molar-refractivity contribution is 0.0435. The fourth-order valence-electron chi connectivity index (χ4n) is 2.43. The molecule has 2 aromatic rings. The normalized spacial score (nSPS) is 19.9. The predicted octanol–water partition coefficient (Wildman–Crippen LogP) is 1.63. The summed E-state index contributed by atoms with van der Waals surface area (Å²) in [6.07, 6.45) is 2.01. The molecule has 2 N–H and O–H groups in total. The first kappa shape index (κ1) is 15.5. The third-order valence-corrected chi connectivity index (χ3v) is 5.72. The Labute approximate surface area is 133 Å². The highest BCUT2D eigenvalue weighted by atomic mass is 35.5. The van der Waals surface area contributed by atoms with Crippen LogP contribution in [0, 0.1) is 0 Å². The molecule has 0 radical (unpaired) electrons. The molecule has 6 nitrogen and oxygen atoms in total. The summed E-state index contributed by atoms with van der Waals surface area (Å²) in [6, 6.07) is 5.41. The number of anilines is 1. The van der Waals surface area contributed by atoms with Crippen molar-refractivity contribution in [1.29, 1.82) is 0 Å². The zero-order valence-electron chi connectivity index (χ0n) is 11.8. The van der Waals surface area contributed by atoms with Gasteiger partial charge >= 0.3 is 0 Å². The van der Waals surface area contributed by atoms with Crippen molar-refractivity contribution in [2.24, 2.45) is 0 Å². The van der Waals surface area contributed by atoms with Crippen LogP contribution in [0.4, 0.5) is 5.82 Å². The molecule has 22 heavy (non-hydrogen) atoms. The van der Waals surface area contributed by atoms with Crippen LogP contribution in [0.2, 0.25) is 5.02 Å². The van der Waals surface area contributed by atoms with Gasteiger partial charge in [0.05, 0.1) is 22.1 Å². The molecule has 1 aliphatic rings. The monoisotopic (exact) mass is 341 g/mol. The molecule has 0 saturated carbocycles. The molecular weight excluding hydrogens is 326 g/mol. The minimum absolute atomic E-state index is 0.0242. The highest BCUT2D eigenvalue weighted by Crippen LogP contribution is 2.24. The summed E-state index contributed by atoms with van der Waals surface area (Å²) >= 11 is 5.87. The summed E-state index contributed by atoms with van der Waals surface area (Å²) in [7, 11) is -3.00. The molecule has 0 atom stereocenters. The number of aromatic nitrogens is 2. The standard InChI is InChI=1S/C14H16ClN3O3S/c15-11-7-10-1-2-12(18-13(10)16-8-11)17-9-14(19)3-5-22(20,21)6-4-14/h1-2,7-8,19H,3-6,9H2,(H,16,17,18). The molecule has 0 aliphatic carbocycles. The molecule has 0 unspecified atom stereocenters. The molecule has 0 bridgehead atoms. The SMILES string of the molecule is O=S1(=O)CCC(O)(CNc2ccc3cc(Cl)cnc3n2)CC1. The number of sulfone groups is 1. The molecule has 3 heterocycles. The first-order valence-corrected chi connectivity index (χ1v) is 9.14. The van der Waals surface area contributed by atoms with E-state index in [1.165, 1.54) is 6.20 Å². The molecule has 1 aliphatic heterocycles. The molecule has 3 rings (SSSR count). The van der Waals surface area contributed by atoms with E-state index in [1.807, 2.05) is 6.07 Å². The fourth-order valence-corrected chi connectivity index (χ4v) is 4.18. The Hall–Kier alpha value is -1.44. The predicted molar refractivity (Wildman–Crippen MR) is 85.9 cm³/mol. The van der Waals surface area contributed by atoms with Gasteiger partial charge in [-0.25, -0.2) is 18.4 Å². The van der Waals surface area contributed by atoms with Crippen LogP contribution in [-0.4, -0.2) is 47.1 Å². The van der Waals surface area contributed by atoms with E-state index in [4.69, 9.17) is 11.6 Å². The van der Waals surface area contributed by atoms with Crippen molar-refractivity contribution in [2.75, 3.05) is 23.4 Å². The van der Waals surface area contributed by atoms with Gasteiger partial charge in [-0.15, -0.1) is 0 Å². The molecule has 0 aromatic carbocycles. The van der Waals surface area contributed by atoms with Gasteiger partial charge in [0.25, 0.3) is 0 Å². The van der Waals surface area contributed by atoms with E-state index in [-0.39, 0.29) is 30.9 Å². The first-order chi connectivity index (χ1) is 10.4. The van der Waals surface area contributed by atoms with Crippen molar-refractivity contribution >= 4 is 38.3 Å². The quantitative estimate of drug-likeness (QED) is 0.881. The van der Waals surface area contributed by atoms with Crippen LogP contribution in [0.3, 0.4) is 0 Å². The number of hydrogen-bond donors (Lipinski definition) is 2. The number of hydrogen-bond acceptors (Lipinski definition) is 6. The summed E-state index contributed by atoms with van der Waals surface area (Å²) in [5.41, 5.74) is -0.456. The van der Waals surface area contributed by atoms with Crippen molar-refractivity contribution in [1.82, 2.24) is 9.97 Å². The van der Waals surface area contributed by atoms with E-state index in [0.717, 1.165) is 5.39 Å². The summed E-state index contributed by atoms with van der Waals surface area (Å²) in [4.78, 5) is 8.50. The van der Waals surface area contributed by atoms with E-state index in [1.54, 1.807) is 12.1 Å². The van der Waals surface area contributed by atoms with E-state index in [2.05, 4.69) is 15.3 Å². The Morgan fingerprint density at radius 2 is 2.05 bits per heavy atom. The molecule has 2 aromatic heterocycles. The summed E-state index contributed by atoms with van der Waals surface area (Å²) in [6.45, 7) is 0.259. The first-order valence-electron chi connectivity index (χ1n) is 6.94. The second-order valence-electron chi connectivity index (χ2n) is 5.63. The Bertz CT molecular complexity index is 796.